The van der Waals surface area contributed by atoms with Crippen LogP contribution in [0.2, 0.25) is 5.02 Å². The molecule has 5 nitrogen and oxygen atoms in total. The molecule has 1 N–H and O–H groups in total. The third-order valence-electron chi connectivity index (χ3n) is 6.30. The molecule has 1 fully saturated rings. The summed E-state index contributed by atoms with van der Waals surface area (Å²) in [6, 6.07) is 22.1. The van der Waals surface area contributed by atoms with Gasteiger partial charge in [0.1, 0.15) is 5.82 Å². The van der Waals surface area contributed by atoms with Gasteiger partial charge < -0.3 is 15.1 Å². The van der Waals surface area contributed by atoms with Crippen LogP contribution in [0, 0.1) is 5.82 Å². The van der Waals surface area contributed by atoms with Gasteiger partial charge in [-0.05, 0) is 66.2 Å². The number of nitrogens with zero attached hydrogens (tertiary/aromatic N) is 3. The lowest BCUT2D eigenvalue weighted by atomic mass is 10.0. The third kappa shape index (κ3) is 5.88. The zero-order valence-electron chi connectivity index (χ0n) is 19.5. The first-order valence-electron chi connectivity index (χ1n) is 11.5. The number of piperazine rings is 1. The highest BCUT2D eigenvalue weighted by atomic mass is 35.5. The van der Waals surface area contributed by atoms with Gasteiger partial charge in [-0.2, -0.15) is 0 Å². The molecule has 1 atom stereocenters. The van der Waals surface area contributed by atoms with E-state index in [1.54, 1.807) is 24.3 Å². The van der Waals surface area contributed by atoms with Crippen LogP contribution < -0.4 is 15.1 Å². The fourth-order valence-corrected chi connectivity index (χ4v) is 4.41. The summed E-state index contributed by atoms with van der Waals surface area (Å²) < 4.78 is 13.3. The molecule has 0 spiro atoms. The molecule has 1 aliphatic heterocycles. The van der Waals surface area contributed by atoms with E-state index in [0.717, 1.165) is 43.1 Å². The topological polar surface area (TPSA) is 38.8 Å². The van der Waals surface area contributed by atoms with Gasteiger partial charge in [0, 0.05) is 68.8 Å². The molecule has 3 aromatic rings. The van der Waals surface area contributed by atoms with Crippen LogP contribution in [-0.2, 0) is 0 Å². The van der Waals surface area contributed by atoms with E-state index < -0.39 is 0 Å². The summed E-state index contributed by atoms with van der Waals surface area (Å²) in [5, 5.41) is 3.72. The summed E-state index contributed by atoms with van der Waals surface area (Å²) >= 11 is 5.96. The SMILES string of the molecule is CN(C)c1ccc([C@H](CNC(=O)c2ccc(Cl)cc2)N2CCN(c3ccc(F)cc3)CC2)cc1. The van der Waals surface area contributed by atoms with Gasteiger partial charge in [0.15, 0.2) is 0 Å². The van der Waals surface area contributed by atoms with E-state index in [-0.39, 0.29) is 17.8 Å². The third-order valence-corrected chi connectivity index (χ3v) is 6.56. The quantitative estimate of drug-likeness (QED) is 0.525. The molecule has 0 aromatic heterocycles. The van der Waals surface area contributed by atoms with Crippen molar-refractivity contribution in [1.82, 2.24) is 10.2 Å². The molecule has 0 aliphatic carbocycles. The summed E-state index contributed by atoms with van der Waals surface area (Å²) in [5.74, 6) is -0.337. The van der Waals surface area contributed by atoms with E-state index in [9.17, 15) is 9.18 Å². The van der Waals surface area contributed by atoms with Gasteiger partial charge >= 0.3 is 0 Å². The van der Waals surface area contributed by atoms with E-state index >= 15 is 0 Å². The highest BCUT2D eigenvalue weighted by Crippen LogP contribution is 2.26. The number of nitrogens with one attached hydrogen (secondary N) is 1. The molecule has 7 heteroatoms. The lowest BCUT2D eigenvalue weighted by molar-refractivity contribution is 0.0930. The minimum Gasteiger partial charge on any atom is -0.378 e. The second kappa shape index (κ2) is 10.9. The van der Waals surface area contributed by atoms with Crippen molar-refractivity contribution in [3.63, 3.8) is 0 Å². The van der Waals surface area contributed by atoms with Crippen molar-refractivity contribution in [2.75, 3.05) is 56.6 Å². The molecule has 3 aromatic carbocycles. The van der Waals surface area contributed by atoms with Crippen LogP contribution in [0.15, 0.2) is 72.8 Å². The van der Waals surface area contributed by atoms with Crippen LogP contribution in [0.1, 0.15) is 22.0 Å². The largest absolute Gasteiger partial charge is 0.378 e. The number of carbonyl (C=O) groups is 1. The van der Waals surface area contributed by atoms with Gasteiger partial charge in [0.2, 0.25) is 0 Å². The number of hydrogen-bond donors (Lipinski definition) is 1. The molecule has 0 saturated carbocycles. The number of benzene rings is 3. The summed E-state index contributed by atoms with van der Waals surface area (Å²) in [5.41, 5.74) is 3.92. The maximum atomic E-state index is 13.3. The lowest BCUT2D eigenvalue weighted by Crippen LogP contribution is -2.50. The standard InChI is InChI=1S/C27H30ClFN4O/c1-31(2)24-11-5-20(6-12-24)26(19-30-27(34)21-3-7-22(28)8-4-21)33-17-15-32(16-18-33)25-13-9-23(29)10-14-25/h3-14,26H,15-19H2,1-2H3,(H,30,34)/t26-/m0/s1. The van der Waals surface area contributed by atoms with Crippen LogP contribution in [0.25, 0.3) is 0 Å². The number of amides is 1. The normalized spacial score (nSPS) is 15.1. The second-order valence-electron chi connectivity index (χ2n) is 8.72. The van der Waals surface area contributed by atoms with Gasteiger partial charge in [-0.25, -0.2) is 4.39 Å². The van der Waals surface area contributed by atoms with Gasteiger partial charge in [-0.15, -0.1) is 0 Å². The van der Waals surface area contributed by atoms with E-state index in [4.69, 9.17) is 11.6 Å². The fraction of sp³-hybridized carbons (Fsp3) is 0.296. The zero-order chi connectivity index (χ0) is 24.1. The predicted molar refractivity (Wildman–Crippen MR) is 137 cm³/mol. The van der Waals surface area contributed by atoms with Gasteiger partial charge in [-0.3, -0.25) is 9.69 Å². The maximum absolute atomic E-state index is 13.3. The second-order valence-corrected chi connectivity index (χ2v) is 9.15. The Kier molecular flexibility index (Phi) is 7.70. The van der Waals surface area contributed by atoms with Gasteiger partial charge in [0.05, 0.1) is 6.04 Å². The van der Waals surface area contributed by atoms with Crippen molar-refractivity contribution in [1.29, 1.82) is 0 Å². The smallest absolute Gasteiger partial charge is 0.251 e. The zero-order valence-corrected chi connectivity index (χ0v) is 20.3. The van der Waals surface area contributed by atoms with Crippen molar-refractivity contribution in [2.24, 2.45) is 0 Å². The Labute approximate surface area is 205 Å². The van der Waals surface area contributed by atoms with Crippen molar-refractivity contribution in [3.05, 3.63) is 94.8 Å². The first-order valence-corrected chi connectivity index (χ1v) is 11.8. The molecule has 1 aliphatic rings. The summed E-state index contributed by atoms with van der Waals surface area (Å²) in [6.07, 6.45) is 0. The van der Waals surface area contributed by atoms with Crippen LogP contribution >= 0.6 is 11.6 Å². The molecule has 0 bridgehead atoms. The van der Waals surface area contributed by atoms with Crippen molar-refractivity contribution >= 4 is 28.9 Å². The van der Waals surface area contributed by atoms with Crippen LogP contribution in [0.4, 0.5) is 15.8 Å². The number of anilines is 2. The Hall–Kier alpha value is -3.09. The number of halogens is 2. The van der Waals surface area contributed by atoms with Crippen molar-refractivity contribution in [2.45, 2.75) is 6.04 Å². The van der Waals surface area contributed by atoms with E-state index in [2.05, 4.69) is 44.3 Å². The average Bonchev–Trinajstić information content (AvgIpc) is 2.85. The molecular formula is C27H30ClFN4O. The molecule has 0 unspecified atom stereocenters. The molecule has 178 valence electrons. The van der Waals surface area contributed by atoms with Crippen molar-refractivity contribution < 1.29 is 9.18 Å². The van der Waals surface area contributed by atoms with Gasteiger partial charge in [-0.1, -0.05) is 23.7 Å². The summed E-state index contributed by atoms with van der Waals surface area (Å²) in [6.45, 7) is 3.86. The number of hydrogen-bond acceptors (Lipinski definition) is 4. The number of rotatable bonds is 7. The van der Waals surface area contributed by atoms with E-state index in [1.165, 1.54) is 12.1 Å². The molecule has 34 heavy (non-hydrogen) atoms. The molecule has 4 rings (SSSR count). The Morgan fingerprint density at radius 2 is 1.56 bits per heavy atom. The Morgan fingerprint density at radius 1 is 0.941 bits per heavy atom. The highest BCUT2D eigenvalue weighted by molar-refractivity contribution is 6.30. The predicted octanol–water partition coefficient (Wildman–Crippen LogP) is 4.84. The molecular weight excluding hydrogens is 451 g/mol. The van der Waals surface area contributed by atoms with Crippen LogP contribution in [0.5, 0.6) is 0 Å². The molecule has 0 radical (unpaired) electrons. The Bertz CT molecular complexity index is 1080. The minimum atomic E-state index is -0.222. The molecule has 1 saturated heterocycles. The van der Waals surface area contributed by atoms with Gasteiger partial charge in [0.25, 0.3) is 5.91 Å². The molecule has 1 amide bonds. The van der Waals surface area contributed by atoms with Crippen LogP contribution in [0.3, 0.4) is 0 Å². The first kappa shape index (κ1) is 24.0. The first-order chi connectivity index (χ1) is 16.4. The fourth-order valence-electron chi connectivity index (χ4n) is 4.29. The minimum absolute atomic E-state index is 0.0443. The monoisotopic (exact) mass is 480 g/mol. The Balaban J connectivity index is 1.47. The number of carbonyl (C=O) groups excluding carboxylic acids is 1. The van der Waals surface area contributed by atoms with E-state index in [1.807, 2.05) is 26.2 Å². The maximum Gasteiger partial charge on any atom is 0.251 e. The van der Waals surface area contributed by atoms with E-state index in [0.29, 0.717) is 17.1 Å². The van der Waals surface area contributed by atoms with Crippen LogP contribution in [-0.4, -0.2) is 57.6 Å². The van der Waals surface area contributed by atoms with Crippen molar-refractivity contribution in [3.8, 4) is 0 Å². The summed E-state index contributed by atoms with van der Waals surface area (Å²) in [4.78, 5) is 19.5. The average molecular weight is 481 g/mol. The Morgan fingerprint density at radius 3 is 2.15 bits per heavy atom. The molecule has 1 heterocycles. The highest BCUT2D eigenvalue weighted by Gasteiger charge is 2.26. The summed E-state index contributed by atoms with van der Waals surface area (Å²) in [7, 11) is 4.04. The lowest BCUT2D eigenvalue weighted by Gasteiger charge is -2.40.